The summed E-state index contributed by atoms with van der Waals surface area (Å²) in [5.41, 5.74) is 0.921. The van der Waals surface area contributed by atoms with E-state index in [9.17, 15) is 4.79 Å². The van der Waals surface area contributed by atoms with Crippen LogP contribution in [-0.2, 0) is 14.1 Å². The second-order valence-electron chi connectivity index (χ2n) is 6.98. The first kappa shape index (κ1) is 20.4. The molecule has 136 valence electrons. The van der Waals surface area contributed by atoms with Gasteiger partial charge in [0.2, 0.25) is 0 Å². The van der Waals surface area contributed by atoms with Gasteiger partial charge in [0.1, 0.15) is 5.75 Å². The van der Waals surface area contributed by atoms with Crippen LogP contribution in [0.15, 0.2) is 23.7 Å². The quantitative estimate of drug-likeness (QED) is 0.694. The summed E-state index contributed by atoms with van der Waals surface area (Å²) >= 11 is 7.45. The summed E-state index contributed by atoms with van der Waals surface area (Å²) in [6.07, 6.45) is 1.96. The number of rotatable bonds is 5. The number of benzene rings is 1. The van der Waals surface area contributed by atoms with Gasteiger partial charge in [0.15, 0.2) is 5.12 Å². The summed E-state index contributed by atoms with van der Waals surface area (Å²) in [6.45, 7) is 9.58. The molecule has 0 radical (unpaired) electrons. The summed E-state index contributed by atoms with van der Waals surface area (Å²) in [4.78, 5) is 11.4. The molecule has 2 rings (SSSR count). The first-order valence-electron chi connectivity index (χ1n) is 8.09. The molecule has 0 spiro atoms. The van der Waals surface area contributed by atoms with Crippen molar-refractivity contribution in [3.8, 4) is 5.75 Å². The van der Waals surface area contributed by atoms with Crippen LogP contribution in [0.25, 0.3) is 6.08 Å². The lowest BCUT2D eigenvalue weighted by Gasteiger charge is -2.32. The van der Waals surface area contributed by atoms with Crippen LogP contribution in [0.1, 0.15) is 40.2 Å². The first-order chi connectivity index (χ1) is 11.6. The van der Waals surface area contributed by atoms with E-state index in [1.165, 1.54) is 11.8 Å². The largest absolute Gasteiger partial charge is 0.495 e. The van der Waals surface area contributed by atoms with Crippen molar-refractivity contribution in [2.75, 3.05) is 12.9 Å². The maximum Gasteiger partial charge on any atom is 0.491 e. The van der Waals surface area contributed by atoms with Crippen LogP contribution in [0.5, 0.6) is 5.75 Å². The van der Waals surface area contributed by atoms with Crippen LogP contribution in [0.4, 0.5) is 0 Å². The zero-order chi connectivity index (χ0) is 18.8. The molecule has 0 bridgehead atoms. The number of hydrogen-bond donors (Lipinski definition) is 0. The predicted molar refractivity (Wildman–Crippen MR) is 105 cm³/mol. The van der Waals surface area contributed by atoms with Crippen LogP contribution >= 0.6 is 23.4 Å². The van der Waals surface area contributed by atoms with Gasteiger partial charge in [-0.2, -0.15) is 0 Å². The lowest BCUT2D eigenvalue weighted by molar-refractivity contribution is -0.109. The zero-order valence-electron chi connectivity index (χ0n) is 15.5. The van der Waals surface area contributed by atoms with Crippen LogP contribution in [0.2, 0.25) is 5.02 Å². The van der Waals surface area contributed by atoms with Crippen molar-refractivity contribution in [1.82, 2.24) is 0 Å². The molecule has 0 unspecified atom stereocenters. The molecule has 1 saturated heterocycles. The number of methoxy groups -OCH3 is 1. The van der Waals surface area contributed by atoms with Gasteiger partial charge in [-0.25, -0.2) is 0 Å². The topological polar surface area (TPSA) is 44.8 Å². The highest BCUT2D eigenvalue weighted by molar-refractivity contribution is 8.13. The molecule has 1 aliphatic heterocycles. The smallest absolute Gasteiger partial charge is 0.491 e. The van der Waals surface area contributed by atoms with Crippen LogP contribution in [-0.4, -0.2) is 36.3 Å². The SMILES string of the molecule is COc1ccc(C=C(CSC(C)=O)B2OC(C)(C)C(C)(C)O2)cc1Cl. The molecule has 0 amide bonds. The van der Waals surface area contributed by atoms with Crippen LogP contribution in [0, 0.1) is 0 Å². The minimum Gasteiger partial charge on any atom is -0.495 e. The molecule has 7 heteroatoms. The van der Waals surface area contributed by atoms with E-state index in [1.807, 2.05) is 52.0 Å². The highest BCUT2D eigenvalue weighted by Gasteiger charge is 2.52. The Balaban J connectivity index is 2.33. The Bertz CT molecular complexity index is 672. The number of hydrogen-bond acceptors (Lipinski definition) is 5. The number of carbonyl (C=O) groups is 1. The summed E-state index contributed by atoms with van der Waals surface area (Å²) < 4.78 is 17.5. The van der Waals surface area contributed by atoms with Gasteiger partial charge in [-0.05, 0) is 50.9 Å². The van der Waals surface area contributed by atoms with E-state index in [4.69, 9.17) is 25.6 Å². The maximum absolute atomic E-state index is 11.4. The fraction of sp³-hybridized carbons (Fsp3) is 0.500. The average molecular weight is 383 g/mol. The maximum atomic E-state index is 11.4. The van der Waals surface area contributed by atoms with Crippen molar-refractivity contribution < 1.29 is 18.8 Å². The molecule has 1 heterocycles. The van der Waals surface area contributed by atoms with E-state index in [1.54, 1.807) is 14.0 Å². The van der Waals surface area contributed by atoms with Gasteiger partial charge in [0.05, 0.1) is 23.3 Å². The summed E-state index contributed by atoms with van der Waals surface area (Å²) in [7, 11) is 1.08. The Hall–Kier alpha value is -0.945. The van der Waals surface area contributed by atoms with Gasteiger partial charge in [0.25, 0.3) is 0 Å². The van der Waals surface area contributed by atoms with Gasteiger partial charge in [0, 0.05) is 12.7 Å². The third kappa shape index (κ3) is 4.82. The second kappa shape index (κ2) is 7.74. The molecular weight excluding hydrogens is 359 g/mol. The molecule has 0 aromatic heterocycles. The van der Waals surface area contributed by atoms with E-state index in [0.717, 1.165) is 11.0 Å². The standard InChI is InChI=1S/C18H24BClO4S/c1-12(21)25-11-14(19-23-17(2,3)18(4,5)24-19)9-13-7-8-16(22-6)15(20)10-13/h7-10H,11H2,1-6H3. The molecule has 0 aliphatic carbocycles. The minimum absolute atomic E-state index is 0.0511. The lowest BCUT2D eigenvalue weighted by Crippen LogP contribution is -2.41. The average Bonchev–Trinajstić information content (AvgIpc) is 2.71. The lowest BCUT2D eigenvalue weighted by atomic mass is 9.78. The number of halogens is 1. The minimum atomic E-state index is -0.502. The Labute approximate surface area is 159 Å². The Morgan fingerprint density at radius 3 is 2.36 bits per heavy atom. The molecule has 4 nitrogen and oxygen atoms in total. The summed E-state index contributed by atoms with van der Waals surface area (Å²) in [5, 5.41) is 0.582. The zero-order valence-corrected chi connectivity index (χ0v) is 17.1. The second-order valence-corrected chi connectivity index (χ2v) is 8.54. The number of carbonyl (C=O) groups excluding carboxylic acids is 1. The molecule has 1 aliphatic rings. The normalized spacial score (nSPS) is 19.2. The van der Waals surface area contributed by atoms with E-state index >= 15 is 0 Å². The number of thioether (sulfide) groups is 1. The third-order valence-electron chi connectivity index (χ3n) is 4.53. The molecule has 25 heavy (non-hydrogen) atoms. The Kier molecular flexibility index (Phi) is 6.31. The highest BCUT2D eigenvalue weighted by Crippen LogP contribution is 2.39. The van der Waals surface area contributed by atoms with E-state index in [2.05, 4.69) is 0 Å². The molecule has 1 aromatic rings. The van der Waals surface area contributed by atoms with Gasteiger partial charge >= 0.3 is 7.12 Å². The van der Waals surface area contributed by atoms with Crippen molar-refractivity contribution in [2.24, 2.45) is 0 Å². The Morgan fingerprint density at radius 2 is 1.88 bits per heavy atom. The van der Waals surface area contributed by atoms with Gasteiger partial charge in [-0.3, -0.25) is 4.79 Å². The van der Waals surface area contributed by atoms with E-state index in [-0.39, 0.29) is 5.12 Å². The number of ether oxygens (including phenoxy) is 1. The van der Waals surface area contributed by atoms with Crippen LogP contribution in [0.3, 0.4) is 0 Å². The third-order valence-corrected chi connectivity index (χ3v) is 5.71. The van der Waals surface area contributed by atoms with Crippen LogP contribution < -0.4 is 4.74 Å². The molecule has 0 N–H and O–H groups in total. The molecule has 0 atom stereocenters. The van der Waals surface area contributed by atoms with Crippen molar-refractivity contribution >= 4 is 41.7 Å². The molecule has 1 aromatic carbocycles. The summed E-state index contributed by atoms with van der Waals surface area (Å²) in [5.74, 6) is 1.12. The fourth-order valence-corrected chi connectivity index (χ4v) is 3.20. The summed E-state index contributed by atoms with van der Waals surface area (Å²) in [6, 6.07) is 5.55. The molecule has 1 fully saturated rings. The van der Waals surface area contributed by atoms with Crippen molar-refractivity contribution in [2.45, 2.75) is 45.8 Å². The van der Waals surface area contributed by atoms with Gasteiger partial charge < -0.3 is 14.0 Å². The van der Waals surface area contributed by atoms with E-state index in [0.29, 0.717) is 16.5 Å². The highest BCUT2D eigenvalue weighted by atomic mass is 35.5. The Morgan fingerprint density at radius 1 is 1.28 bits per heavy atom. The van der Waals surface area contributed by atoms with E-state index < -0.39 is 18.3 Å². The molecule has 0 saturated carbocycles. The first-order valence-corrected chi connectivity index (χ1v) is 9.45. The van der Waals surface area contributed by atoms with Crippen molar-refractivity contribution in [3.05, 3.63) is 34.3 Å². The van der Waals surface area contributed by atoms with Crippen molar-refractivity contribution in [1.29, 1.82) is 0 Å². The van der Waals surface area contributed by atoms with Crippen molar-refractivity contribution in [3.63, 3.8) is 0 Å². The van der Waals surface area contributed by atoms with Gasteiger partial charge in [-0.15, -0.1) is 0 Å². The fourth-order valence-electron chi connectivity index (χ4n) is 2.34. The predicted octanol–water partition coefficient (Wildman–Crippen LogP) is 4.64. The monoisotopic (exact) mass is 382 g/mol. The molecular formula is C18H24BClO4S. The van der Waals surface area contributed by atoms with Gasteiger partial charge in [-0.1, -0.05) is 35.5 Å².